The number of methoxy groups -OCH3 is 1. The first-order valence-electron chi connectivity index (χ1n) is 11.2. The molecule has 6 nitrogen and oxygen atoms in total. The number of nitrogens with zero attached hydrogens (tertiary/aromatic N) is 4. The Morgan fingerprint density at radius 1 is 1.03 bits per heavy atom. The van der Waals surface area contributed by atoms with Crippen LogP contribution in [0.4, 0.5) is 10.2 Å². The number of amides is 1. The molecule has 2 aromatic carbocycles. The van der Waals surface area contributed by atoms with Gasteiger partial charge >= 0.3 is 0 Å². The van der Waals surface area contributed by atoms with Crippen LogP contribution in [0.15, 0.2) is 48.5 Å². The smallest absolute Gasteiger partial charge is 0.254 e. The molecule has 1 saturated heterocycles. The van der Waals surface area contributed by atoms with Crippen molar-refractivity contribution in [3.05, 3.63) is 82.6 Å². The van der Waals surface area contributed by atoms with Crippen molar-refractivity contribution >= 4 is 11.7 Å². The van der Waals surface area contributed by atoms with Gasteiger partial charge in [0.05, 0.1) is 7.11 Å². The SMILES string of the molecule is COc1cccc(C(=O)N2CCCN(c3nc(C)nc(C)c3Cc3cccc(F)c3)CC2)c1. The molecule has 0 bridgehead atoms. The standard InChI is InChI=1S/C26H29FN4O2/c1-18-24(16-20-7-4-9-22(27)15-20)25(29-19(2)28-18)30-11-6-12-31(14-13-30)26(32)21-8-5-10-23(17-21)33-3/h4-5,7-10,15,17H,6,11-14,16H2,1-3H3. The van der Waals surface area contributed by atoms with Crippen LogP contribution >= 0.6 is 0 Å². The minimum Gasteiger partial charge on any atom is -0.497 e. The van der Waals surface area contributed by atoms with Crippen molar-refractivity contribution in [3.63, 3.8) is 0 Å². The molecule has 0 aliphatic carbocycles. The van der Waals surface area contributed by atoms with E-state index in [9.17, 15) is 9.18 Å². The maximum absolute atomic E-state index is 13.8. The summed E-state index contributed by atoms with van der Waals surface area (Å²) >= 11 is 0. The van der Waals surface area contributed by atoms with Crippen LogP contribution in [0.3, 0.4) is 0 Å². The molecule has 3 aromatic rings. The molecule has 1 fully saturated rings. The van der Waals surface area contributed by atoms with E-state index < -0.39 is 0 Å². The van der Waals surface area contributed by atoms with Gasteiger partial charge in [0.1, 0.15) is 23.2 Å². The number of anilines is 1. The Bertz CT molecular complexity index is 1150. The number of benzene rings is 2. The summed E-state index contributed by atoms with van der Waals surface area (Å²) in [5, 5.41) is 0. The van der Waals surface area contributed by atoms with Gasteiger partial charge in [0, 0.05) is 49.4 Å². The average Bonchev–Trinajstić information content (AvgIpc) is 3.06. The summed E-state index contributed by atoms with van der Waals surface area (Å²) < 4.78 is 19.0. The number of hydrogen-bond acceptors (Lipinski definition) is 5. The lowest BCUT2D eigenvalue weighted by Crippen LogP contribution is -2.35. The Kier molecular flexibility index (Phi) is 6.87. The third kappa shape index (κ3) is 5.30. The molecule has 0 radical (unpaired) electrons. The Morgan fingerprint density at radius 2 is 1.85 bits per heavy atom. The molecule has 172 valence electrons. The van der Waals surface area contributed by atoms with E-state index in [4.69, 9.17) is 9.72 Å². The van der Waals surface area contributed by atoms with E-state index in [2.05, 4.69) is 9.88 Å². The number of aryl methyl sites for hydroxylation is 2. The quantitative estimate of drug-likeness (QED) is 0.586. The molecule has 1 aliphatic heterocycles. The van der Waals surface area contributed by atoms with Crippen molar-refractivity contribution in [1.82, 2.24) is 14.9 Å². The van der Waals surface area contributed by atoms with Crippen molar-refractivity contribution in [2.75, 3.05) is 38.2 Å². The highest BCUT2D eigenvalue weighted by Crippen LogP contribution is 2.26. The zero-order valence-electron chi connectivity index (χ0n) is 19.3. The molecular weight excluding hydrogens is 419 g/mol. The fraction of sp³-hybridized carbons (Fsp3) is 0.346. The molecule has 33 heavy (non-hydrogen) atoms. The molecule has 4 rings (SSSR count). The predicted octanol–water partition coefficient (Wildman–Crippen LogP) is 4.18. The van der Waals surface area contributed by atoms with E-state index in [1.807, 2.05) is 43.0 Å². The van der Waals surface area contributed by atoms with Crippen molar-refractivity contribution in [2.45, 2.75) is 26.7 Å². The maximum atomic E-state index is 13.8. The number of aromatic nitrogens is 2. The summed E-state index contributed by atoms with van der Waals surface area (Å²) in [6, 6.07) is 13.9. The summed E-state index contributed by atoms with van der Waals surface area (Å²) in [6.45, 7) is 6.59. The average molecular weight is 449 g/mol. The topological polar surface area (TPSA) is 58.6 Å². The first kappa shape index (κ1) is 22.7. The number of carbonyl (C=O) groups excluding carboxylic acids is 1. The van der Waals surface area contributed by atoms with Crippen LogP contribution in [0, 0.1) is 19.7 Å². The van der Waals surface area contributed by atoms with Gasteiger partial charge in [-0.3, -0.25) is 4.79 Å². The normalized spacial score (nSPS) is 14.2. The zero-order chi connectivity index (χ0) is 23.4. The van der Waals surface area contributed by atoms with E-state index in [0.29, 0.717) is 43.2 Å². The molecule has 0 atom stereocenters. The summed E-state index contributed by atoms with van der Waals surface area (Å²) in [7, 11) is 1.60. The van der Waals surface area contributed by atoms with Crippen LogP contribution in [-0.2, 0) is 6.42 Å². The minimum atomic E-state index is -0.249. The lowest BCUT2D eigenvalue weighted by molar-refractivity contribution is 0.0766. The molecule has 2 heterocycles. The molecule has 0 spiro atoms. The van der Waals surface area contributed by atoms with Gasteiger partial charge in [0.25, 0.3) is 5.91 Å². The number of halogens is 1. The van der Waals surface area contributed by atoms with Crippen LogP contribution < -0.4 is 9.64 Å². The fourth-order valence-corrected chi connectivity index (χ4v) is 4.31. The molecular formula is C26H29FN4O2. The first-order chi connectivity index (χ1) is 15.9. The van der Waals surface area contributed by atoms with Gasteiger partial charge in [-0.05, 0) is 56.2 Å². The van der Waals surface area contributed by atoms with Gasteiger partial charge < -0.3 is 14.5 Å². The largest absolute Gasteiger partial charge is 0.497 e. The third-order valence-electron chi connectivity index (χ3n) is 5.97. The van der Waals surface area contributed by atoms with E-state index in [-0.39, 0.29) is 11.7 Å². The number of hydrogen-bond donors (Lipinski definition) is 0. The highest BCUT2D eigenvalue weighted by molar-refractivity contribution is 5.94. The van der Waals surface area contributed by atoms with Crippen molar-refractivity contribution in [3.8, 4) is 5.75 Å². The molecule has 1 aliphatic rings. The van der Waals surface area contributed by atoms with E-state index in [0.717, 1.165) is 35.6 Å². The second-order valence-corrected chi connectivity index (χ2v) is 8.33. The molecule has 0 unspecified atom stereocenters. The van der Waals surface area contributed by atoms with Crippen molar-refractivity contribution in [2.24, 2.45) is 0 Å². The Hall–Kier alpha value is -3.48. The van der Waals surface area contributed by atoms with E-state index >= 15 is 0 Å². The maximum Gasteiger partial charge on any atom is 0.254 e. The molecule has 1 aromatic heterocycles. The monoisotopic (exact) mass is 448 g/mol. The second kappa shape index (κ2) is 9.98. The van der Waals surface area contributed by atoms with E-state index in [1.165, 1.54) is 6.07 Å². The lowest BCUT2D eigenvalue weighted by Gasteiger charge is -2.26. The van der Waals surface area contributed by atoms with Crippen LogP contribution in [-0.4, -0.2) is 54.1 Å². The number of carbonyl (C=O) groups is 1. The first-order valence-corrected chi connectivity index (χ1v) is 11.2. The van der Waals surface area contributed by atoms with Gasteiger partial charge in [0.2, 0.25) is 0 Å². The third-order valence-corrected chi connectivity index (χ3v) is 5.97. The zero-order valence-corrected chi connectivity index (χ0v) is 19.3. The van der Waals surface area contributed by atoms with Crippen LogP contribution in [0.25, 0.3) is 0 Å². The summed E-state index contributed by atoms with van der Waals surface area (Å²) in [6.07, 6.45) is 1.39. The fourth-order valence-electron chi connectivity index (χ4n) is 4.31. The number of rotatable bonds is 5. The van der Waals surface area contributed by atoms with Crippen molar-refractivity contribution < 1.29 is 13.9 Å². The van der Waals surface area contributed by atoms with Crippen LogP contribution in [0.5, 0.6) is 5.75 Å². The predicted molar refractivity (Wildman–Crippen MR) is 126 cm³/mol. The highest BCUT2D eigenvalue weighted by atomic mass is 19.1. The lowest BCUT2D eigenvalue weighted by atomic mass is 10.0. The van der Waals surface area contributed by atoms with Gasteiger partial charge in [-0.2, -0.15) is 0 Å². The van der Waals surface area contributed by atoms with Gasteiger partial charge in [-0.1, -0.05) is 18.2 Å². The molecule has 0 saturated carbocycles. The van der Waals surface area contributed by atoms with Crippen LogP contribution in [0.2, 0.25) is 0 Å². The van der Waals surface area contributed by atoms with Crippen LogP contribution in [0.1, 0.15) is 39.4 Å². The van der Waals surface area contributed by atoms with Gasteiger partial charge in [-0.15, -0.1) is 0 Å². The van der Waals surface area contributed by atoms with Crippen molar-refractivity contribution in [1.29, 1.82) is 0 Å². The Morgan fingerprint density at radius 3 is 2.64 bits per heavy atom. The second-order valence-electron chi connectivity index (χ2n) is 8.33. The molecule has 7 heteroatoms. The molecule has 0 N–H and O–H groups in total. The number of ether oxygens (including phenoxy) is 1. The minimum absolute atomic E-state index is 0.00535. The highest BCUT2D eigenvalue weighted by Gasteiger charge is 2.24. The van der Waals surface area contributed by atoms with Gasteiger partial charge in [-0.25, -0.2) is 14.4 Å². The summed E-state index contributed by atoms with van der Waals surface area (Å²) in [4.78, 5) is 26.6. The van der Waals surface area contributed by atoms with E-state index in [1.54, 1.807) is 25.3 Å². The van der Waals surface area contributed by atoms with Gasteiger partial charge in [0.15, 0.2) is 0 Å². The Labute approximate surface area is 194 Å². The summed E-state index contributed by atoms with van der Waals surface area (Å²) in [5.41, 5.74) is 3.41. The molecule has 1 amide bonds. The Balaban J connectivity index is 1.55. The summed E-state index contributed by atoms with van der Waals surface area (Å²) in [5.74, 6) is 2.01.